The molecule has 0 aliphatic carbocycles. The first-order chi connectivity index (χ1) is 19.3. The molecule has 0 aliphatic heterocycles. The molecule has 0 radical (unpaired) electrons. The van der Waals surface area contributed by atoms with Crippen molar-refractivity contribution in [1.29, 1.82) is 5.26 Å². The van der Waals surface area contributed by atoms with E-state index in [0.29, 0.717) is 16.9 Å². The molecule has 0 spiro atoms. The smallest absolute Gasteiger partial charge is 0.348 e. The SMILES string of the molecule is CCOC(=O)c1sc2c(c1C)c(=O)n(C(C)(C)C(=O)NC(C)C)c(=O)n2CCc1cc(F)ccc1OC.N#CCO. The van der Waals surface area contributed by atoms with Crippen LogP contribution in [0.1, 0.15) is 55.4 Å². The predicted octanol–water partition coefficient (Wildman–Crippen LogP) is 2.86. The maximum absolute atomic E-state index is 14.0. The number of aryl methyl sites for hydroxylation is 3. The molecule has 2 heterocycles. The summed E-state index contributed by atoms with van der Waals surface area (Å²) in [5, 5.41) is 17.8. The minimum absolute atomic E-state index is 0.0412. The lowest BCUT2D eigenvalue weighted by atomic mass is 10.0. The summed E-state index contributed by atoms with van der Waals surface area (Å²) < 4.78 is 26.7. The van der Waals surface area contributed by atoms with Crippen LogP contribution in [0.15, 0.2) is 27.8 Å². The highest BCUT2D eigenvalue weighted by Crippen LogP contribution is 2.30. The zero-order valence-corrected chi connectivity index (χ0v) is 25.0. The van der Waals surface area contributed by atoms with Crippen molar-refractivity contribution in [3.63, 3.8) is 0 Å². The molecule has 2 aromatic heterocycles. The first kappa shape index (κ1) is 33.2. The van der Waals surface area contributed by atoms with E-state index in [1.54, 1.807) is 27.7 Å². The van der Waals surface area contributed by atoms with Crippen LogP contribution >= 0.6 is 11.3 Å². The van der Waals surface area contributed by atoms with E-state index in [9.17, 15) is 23.6 Å². The summed E-state index contributed by atoms with van der Waals surface area (Å²) in [5.41, 5.74) is -2.03. The number of carbonyl (C=O) groups is 2. The third-order valence-corrected chi connectivity index (χ3v) is 7.42. The molecule has 222 valence electrons. The third kappa shape index (κ3) is 7.20. The van der Waals surface area contributed by atoms with Crippen molar-refractivity contribution < 1.29 is 28.6 Å². The van der Waals surface area contributed by atoms with Gasteiger partial charge in [0, 0.05) is 12.6 Å². The summed E-state index contributed by atoms with van der Waals surface area (Å²) >= 11 is 0.983. The number of esters is 1. The number of aromatic nitrogens is 2. The Bertz CT molecular complexity index is 1580. The van der Waals surface area contributed by atoms with Crippen LogP contribution in [0.2, 0.25) is 0 Å². The van der Waals surface area contributed by atoms with Gasteiger partial charge in [0.15, 0.2) is 0 Å². The number of nitrogens with zero attached hydrogens (tertiary/aromatic N) is 3. The molecule has 3 aromatic rings. The molecule has 13 heteroatoms. The van der Waals surface area contributed by atoms with Gasteiger partial charge in [-0.05, 0) is 77.3 Å². The van der Waals surface area contributed by atoms with E-state index in [1.165, 1.54) is 49.8 Å². The fourth-order valence-electron chi connectivity index (χ4n) is 4.14. The molecule has 0 atom stereocenters. The number of rotatable bonds is 9. The number of benzene rings is 1. The molecule has 0 saturated heterocycles. The Morgan fingerprint density at radius 3 is 2.44 bits per heavy atom. The van der Waals surface area contributed by atoms with E-state index in [4.69, 9.17) is 19.8 Å². The van der Waals surface area contributed by atoms with Gasteiger partial charge in [0.25, 0.3) is 5.56 Å². The standard InChI is InChI=1S/C26H32FN3O6S.C2H3NO/c1-8-36-23(32)20-15(4)19-21(31)30(26(5,6)24(33)28-14(2)3)25(34)29(22(19)37-20)12-11-16-13-17(27)9-10-18(16)35-7;3-1-2-4/h9-10,13-14H,8,11-12H2,1-7H3,(H,28,33);4H,2H2. The van der Waals surface area contributed by atoms with Crippen molar-refractivity contribution in [3.8, 4) is 11.8 Å². The van der Waals surface area contributed by atoms with E-state index >= 15 is 0 Å². The van der Waals surface area contributed by atoms with Gasteiger partial charge in [-0.1, -0.05) is 0 Å². The molecule has 11 nitrogen and oxygen atoms in total. The van der Waals surface area contributed by atoms with Gasteiger partial charge in [0.1, 0.15) is 33.4 Å². The van der Waals surface area contributed by atoms with Gasteiger partial charge in [0.2, 0.25) is 5.91 Å². The van der Waals surface area contributed by atoms with Crippen LogP contribution < -0.4 is 21.3 Å². The Labute approximate surface area is 240 Å². The number of nitriles is 1. The molecule has 0 fully saturated rings. The first-order valence-corrected chi connectivity index (χ1v) is 13.7. The number of hydrogen-bond acceptors (Lipinski definition) is 9. The topological polar surface area (TPSA) is 153 Å². The highest BCUT2D eigenvalue weighted by molar-refractivity contribution is 7.20. The van der Waals surface area contributed by atoms with E-state index in [2.05, 4.69) is 5.32 Å². The fraction of sp³-hybridized carbons (Fsp3) is 0.464. The van der Waals surface area contributed by atoms with Crippen LogP contribution in [0, 0.1) is 24.1 Å². The van der Waals surface area contributed by atoms with Gasteiger partial charge in [-0.3, -0.25) is 14.2 Å². The second-order valence-electron chi connectivity index (χ2n) is 9.74. The zero-order valence-electron chi connectivity index (χ0n) is 24.2. The number of aliphatic hydroxyl groups is 1. The van der Waals surface area contributed by atoms with Crippen molar-refractivity contribution in [2.24, 2.45) is 0 Å². The molecule has 2 N–H and O–H groups in total. The molecule has 3 rings (SSSR count). The van der Waals surface area contributed by atoms with Crippen molar-refractivity contribution in [2.45, 2.75) is 66.1 Å². The number of carbonyl (C=O) groups excluding carboxylic acids is 2. The van der Waals surface area contributed by atoms with E-state index < -0.39 is 34.5 Å². The van der Waals surface area contributed by atoms with Gasteiger partial charge in [0.05, 0.1) is 25.2 Å². The van der Waals surface area contributed by atoms with Crippen LogP contribution in [0.3, 0.4) is 0 Å². The summed E-state index contributed by atoms with van der Waals surface area (Å²) in [5.74, 6) is -1.11. The van der Waals surface area contributed by atoms with E-state index in [1.807, 2.05) is 0 Å². The average molecular weight is 591 g/mol. The van der Waals surface area contributed by atoms with Crippen LogP contribution in [-0.2, 0) is 28.0 Å². The number of hydrogen-bond donors (Lipinski definition) is 2. The number of fused-ring (bicyclic) bond motifs is 1. The second kappa shape index (κ2) is 14.0. The number of aliphatic hydroxyl groups excluding tert-OH is 1. The summed E-state index contributed by atoms with van der Waals surface area (Å²) in [6.07, 6.45) is 0.193. The highest BCUT2D eigenvalue weighted by Gasteiger charge is 2.36. The Morgan fingerprint density at radius 2 is 1.90 bits per heavy atom. The molecule has 0 unspecified atom stereocenters. The third-order valence-electron chi connectivity index (χ3n) is 6.13. The number of halogens is 1. The van der Waals surface area contributed by atoms with E-state index in [-0.39, 0.29) is 47.3 Å². The lowest BCUT2D eigenvalue weighted by molar-refractivity contribution is -0.129. The van der Waals surface area contributed by atoms with Crippen molar-refractivity contribution in [1.82, 2.24) is 14.5 Å². The van der Waals surface area contributed by atoms with Crippen molar-refractivity contribution in [3.05, 3.63) is 60.9 Å². The quantitative estimate of drug-likeness (QED) is 0.285. The molecule has 0 saturated carbocycles. The largest absolute Gasteiger partial charge is 0.496 e. The lowest BCUT2D eigenvalue weighted by Gasteiger charge is -2.27. The predicted molar refractivity (Wildman–Crippen MR) is 153 cm³/mol. The highest BCUT2D eigenvalue weighted by atomic mass is 32.1. The molecule has 0 bridgehead atoms. The summed E-state index contributed by atoms with van der Waals surface area (Å²) in [7, 11) is 1.46. The first-order valence-electron chi connectivity index (χ1n) is 12.8. The number of amides is 1. The van der Waals surface area contributed by atoms with Gasteiger partial charge < -0.3 is 19.9 Å². The van der Waals surface area contributed by atoms with Crippen LogP contribution in [0.5, 0.6) is 5.75 Å². The minimum Gasteiger partial charge on any atom is -0.496 e. The van der Waals surface area contributed by atoms with E-state index in [0.717, 1.165) is 15.9 Å². The normalized spacial score (nSPS) is 11.0. The average Bonchev–Trinajstić information content (AvgIpc) is 3.25. The maximum atomic E-state index is 14.0. The van der Waals surface area contributed by atoms with Gasteiger partial charge in [-0.2, -0.15) is 5.26 Å². The van der Waals surface area contributed by atoms with Crippen molar-refractivity contribution >= 4 is 33.4 Å². The Kier molecular flexibility index (Phi) is 11.4. The number of methoxy groups -OCH3 is 1. The molecular formula is C28H35FN4O7S. The monoisotopic (exact) mass is 590 g/mol. The second-order valence-corrected chi connectivity index (χ2v) is 10.7. The Balaban J connectivity index is 0.00000138. The van der Waals surface area contributed by atoms with Crippen LogP contribution in [0.25, 0.3) is 10.2 Å². The summed E-state index contributed by atoms with van der Waals surface area (Å²) in [6, 6.07) is 5.36. The Morgan fingerprint density at radius 1 is 1.27 bits per heavy atom. The number of ether oxygens (including phenoxy) is 2. The lowest BCUT2D eigenvalue weighted by Crippen LogP contribution is -2.56. The number of nitrogens with one attached hydrogen (secondary N) is 1. The fourth-order valence-corrected chi connectivity index (χ4v) is 5.36. The van der Waals surface area contributed by atoms with Crippen LogP contribution in [0.4, 0.5) is 4.39 Å². The zero-order chi connectivity index (χ0) is 31.1. The molecular weight excluding hydrogens is 555 g/mol. The molecule has 1 aromatic carbocycles. The van der Waals surface area contributed by atoms with Gasteiger partial charge in [-0.25, -0.2) is 18.5 Å². The number of thiophene rings is 1. The van der Waals surface area contributed by atoms with Crippen LogP contribution in [-0.4, -0.2) is 52.5 Å². The summed E-state index contributed by atoms with van der Waals surface area (Å²) in [4.78, 5) is 53.7. The minimum atomic E-state index is -1.54. The molecule has 41 heavy (non-hydrogen) atoms. The van der Waals surface area contributed by atoms with Gasteiger partial charge in [-0.15, -0.1) is 11.3 Å². The molecule has 0 aliphatic rings. The summed E-state index contributed by atoms with van der Waals surface area (Å²) in [6.45, 7) is 9.64. The van der Waals surface area contributed by atoms with Gasteiger partial charge >= 0.3 is 11.7 Å². The maximum Gasteiger partial charge on any atom is 0.348 e. The molecule has 1 amide bonds. The Hall–Kier alpha value is -4.02. The van der Waals surface area contributed by atoms with Crippen molar-refractivity contribution in [2.75, 3.05) is 20.3 Å².